The lowest BCUT2D eigenvalue weighted by molar-refractivity contribution is -0.384. The molecule has 3 aromatic rings. The normalized spacial score (nSPS) is 11.5. The second-order valence-corrected chi connectivity index (χ2v) is 6.10. The van der Waals surface area contributed by atoms with Crippen molar-refractivity contribution in [3.05, 3.63) is 63.7 Å². The molecule has 9 heteroatoms. The number of aromatic nitrogens is 1. The molecule has 9 nitrogen and oxygen atoms in total. The van der Waals surface area contributed by atoms with Crippen LogP contribution < -0.4 is 15.2 Å². The molecule has 1 aliphatic rings. The number of anilines is 1. The first-order chi connectivity index (χ1) is 14.0. The fourth-order valence-electron chi connectivity index (χ4n) is 3.06. The van der Waals surface area contributed by atoms with Crippen molar-refractivity contribution in [3.8, 4) is 46.0 Å². The van der Waals surface area contributed by atoms with Crippen LogP contribution in [-0.2, 0) is 0 Å². The molecule has 140 valence electrons. The third-order valence-corrected chi connectivity index (χ3v) is 4.45. The van der Waals surface area contributed by atoms with Crippen LogP contribution in [0.2, 0.25) is 0 Å². The van der Waals surface area contributed by atoms with Crippen LogP contribution in [0.3, 0.4) is 0 Å². The second kappa shape index (κ2) is 6.83. The van der Waals surface area contributed by atoms with E-state index in [0.29, 0.717) is 22.6 Å². The van der Waals surface area contributed by atoms with Gasteiger partial charge in [-0.1, -0.05) is 12.1 Å². The fourth-order valence-corrected chi connectivity index (χ4v) is 3.06. The standard InChI is InChI=1S/C20H11N5O4/c21-8-11-1-3-12(4-2-11)16-5-13(15(9-22)20(23)24-16)14-6-18-19(29-10-28-18)7-17(14)25(26)27/h1-7H,10H2,(H2,23,24). The van der Waals surface area contributed by atoms with E-state index < -0.39 is 4.92 Å². The highest BCUT2D eigenvalue weighted by Gasteiger charge is 2.27. The van der Waals surface area contributed by atoms with Crippen LogP contribution in [-0.4, -0.2) is 16.7 Å². The molecule has 0 spiro atoms. The lowest BCUT2D eigenvalue weighted by Gasteiger charge is -2.11. The molecule has 2 heterocycles. The zero-order valence-corrected chi connectivity index (χ0v) is 14.7. The van der Waals surface area contributed by atoms with Gasteiger partial charge in [-0.3, -0.25) is 10.1 Å². The first-order valence-corrected chi connectivity index (χ1v) is 8.31. The molecule has 0 unspecified atom stereocenters. The van der Waals surface area contributed by atoms with E-state index in [0.717, 1.165) is 0 Å². The molecule has 0 saturated carbocycles. The van der Waals surface area contributed by atoms with E-state index in [4.69, 9.17) is 20.5 Å². The van der Waals surface area contributed by atoms with Crippen molar-refractivity contribution in [2.75, 3.05) is 12.5 Å². The Kier molecular flexibility index (Phi) is 4.19. The first-order valence-electron chi connectivity index (χ1n) is 8.31. The third kappa shape index (κ3) is 3.03. The van der Waals surface area contributed by atoms with Crippen LogP contribution in [0.5, 0.6) is 11.5 Å². The quantitative estimate of drug-likeness (QED) is 0.533. The summed E-state index contributed by atoms with van der Waals surface area (Å²) in [7, 11) is 0. The molecule has 0 bridgehead atoms. The molecule has 2 N–H and O–H groups in total. The highest BCUT2D eigenvalue weighted by Crippen LogP contribution is 2.44. The van der Waals surface area contributed by atoms with E-state index in [1.165, 1.54) is 12.1 Å². The average Bonchev–Trinajstić information content (AvgIpc) is 3.19. The van der Waals surface area contributed by atoms with Crippen molar-refractivity contribution in [3.63, 3.8) is 0 Å². The molecular formula is C20H11N5O4. The molecule has 0 radical (unpaired) electrons. The van der Waals surface area contributed by atoms with Crippen molar-refractivity contribution in [1.82, 2.24) is 4.98 Å². The zero-order chi connectivity index (χ0) is 20.5. The molecular weight excluding hydrogens is 374 g/mol. The van der Waals surface area contributed by atoms with Crippen LogP contribution in [0.25, 0.3) is 22.4 Å². The van der Waals surface area contributed by atoms with E-state index in [9.17, 15) is 15.4 Å². The predicted molar refractivity (Wildman–Crippen MR) is 102 cm³/mol. The number of fused-ring (bicyclic) bond motifs is 1. The van der Waals surface area contributed by atoms with Crippen LogP contribution >= 0.6 is 0 Å². The minimum Gasteiger partial charge on any atom is -0.454 e. The molecule has 0 aliphatic carbocycles. The number of rotatable bonds is 3. The number of nitro groups is 1. The van der Waals surface area contributed by atoms with Gasteiger partial charge in [-0.25, -0.2) is 4.98 Å². The maximum absolute atomic E-state index is 11.7. The average molecular weight is 385 g/mol. The van der Waals surface area contributed by atoms with Gasteiger partial charge < -0.3 is 15.2 Å². The van der Waals surface area contributed by atoms with E-state index >= 15 is 0 Å². The van der Waals surface area contributed by atoms with Crippen molar-refractivity contribution < 1.29 is 14.4 Å². The van der Waals surface area contributed by atoms with Crippen molar-refractivity contribution in [1.29, 1.82) is 10.5 Å². The molecule has 0 saturated heterocycles. The summed E-state index contributed by atoms with van der Waals surface area (Å²) in [5.41, 5.74) is 7.71. The summed E-state index contributed by atoms with van der Waals surface area (Å²) in [5.74, 6) is 0.537. The maximum Gasteiger partial charge on any atom is 0.281 e. The number of nitriles is 2. The van der Waals surface area contributed by atoms with Gasteiger partial charge in [0.05, 0.1) is 33.9 Å². The monoisotopic (exact) mass is 385 g/mol. The lowest BCUT2D eigenvalue weighted by atomic mass is 9.96. The number of ether oxygens (including phenoxy) is 2. The van der Waals surface area contributed by atoms with Crippen LogP contribution in [0.1, 0.15) is 11.1 Å². The summed E-state index contributed by atoms with van der Waals surface area (Å²) in [6.45, 7) is -0.0456. The number of nitrogens with zero attached hydrogens (tertiary/aromatic N) is 4. The molecule has 4 rings (SSSR count). The summed E-state index contributed by atoms with van der Waals surface area (Å²) in [6, 6.07) is 14.9. The Morgan fingerprint density at radius 1 is 1.03 bits per heavy atom. The molecule has 0 amide bonds. The second-order valence-electron chi connectivity index (χ2n) is 6.10. The van der Waals surface area contributed by atoms with Gasteiger partial charge in [-0.15, -0.1) is 0 Å². The van der Waals surface area contributed by atoms with E-state index in [1.54, 1.807) is 30.3 Å². The van der Waals surface area contributed by atoms with Crippen LogP contribution in [0.15, 0.2) is 42.5 Å². The highest BCUT2D eigenvalue weighted by atomic mass is 16.7. The number of hydrogen-bond acceptors (Lipinski definition) is 8. The molecule has 1 aromatic heterocycles. The lowest BCUT2D eigenvalue weighted by Crippen LogP contribution is -2.01. The summed E-state index contributed by atoms with van der Waals surface area (Å²) < 4.78 is 10.6. The molecule has 29 heavy (non-hydrogen) atoms. The fraction of sp³-hybridized carbons (Fsp3) is 0.0500. The smallest absolute Gasteiger partial charge is 0.281 e. The van der Waals surface area contributed by atoms with Crippen LogP contribution in [0, 0.1) is 32.8 Å². The Balaban J connectivity index is 1.96. The Morgan fingerprint density at radius 2 is 1.72 bits per heavy atom. The zero-order valence-electron chi connectivity index (χ0n) is 14.7. The predicted octanol–water partition coefficient (Wildman–Crippen LogP) is 3.38. The van der Waals surface area contributed by atoms with E-state index in [-0.39, 0.29) is 40.7 Å². The number of nitrogen functional groups attached to an aromatic ring is 1. The largest absolute Gasteiger partial charge is 0.454 e. The SMILES string of the molecule is N#Cc1ccc(-c2cc(-c3cc4c(cc3[N+](=O)[O-])OCO4)c(C#N)c(N)n2)cc1. The molecule has 2 aromatic carbocycles. The van der Waals surface area contributed by atoms with Gasteiger partial charge in [0.2, 0.25) is 6.79 Å². The van der Waals surface area contributed by atoms with Gasteiger partial charge in [0.1, 0.15) is 17.5 Å². The van der Waals surface area contributed by atoms with Gasteiger partial charge >= 0.3 is 0 Å². The van der Waals surface area contributed by atoms with Crippen molar-refractivity contribution in [2.24, 2.45) is 0 Å². The summed E-state index contributed by atoms with van der Waals surface area (Å²) >= 11 is 0. The highest BCUT2D eigenvalue weighted by molar-refractivity contribution is 5.86. The number of hydrogen-bond donors (Lipinski definition) is 1. The maximum atomic E-state index is 11.7. The van der Waals surface area contributed by atoms with Gasteiger partial charge in [0, 0.05) is 11.1 Å². The van der Waals surface area contributed by atoms with Gasteiger partial charge in [-0.05, 0) is 24.3 Å². The molecule has 1 aliphatic heterocycles. The summed E-state index contributed by atoms with van der Waals surface area (Å²) in [6.07, 6.45) is 0. The van der Waals surface area contributed by atoms with Gasteiger partial charge in [-0.2, -0.15) is 10.5 Å². The van der Waals surface area contributed by atoms with Crippen molar-refractivity contribution in [2.45, 2.75) is 0 Å². The van der Waals surface area contributed by atoms with E-state index in [1.807, 2.05) is 12.1 Å². The van der Waals surface area contributed by atoms with Gasteiger partial charge in [0.15, 0.2) is 11.5 Å². The third-order valence-electron chi connectivity index (χ3n) is 4.45. The Morgan fingerprint density at radius 3 is 2.34 bits per heavy atom. The molecule has 0 atom stereocenters. The Labute approximate surface area is 164 Å². The first kappa shape index (κ1) is 17.8. The Bertz CT molecular complexity index is 1240. The topological polar surface area (TPSA) is 148 Å². The summed E-state index contributed by atoms with van der Waals surface area (Å²) in [5, 5.41) is 30.2. The minimum absolute atomic E-state index is 0.0179. The van der Waals surface area contributed by atoms with Crippen LogP contribution in [0.4, 0.5) is 11.5 Å². The number of pyridine rings is 1. The minimum atomic E-state index is -0.559. The summed E-state index contributed by atoms with van der Waals surface area (Å²) in [4.78, 5) is 15.3. The number of benzene rings is 2. The number of nitro benzene ring substituents is 1. The van der Waals surface area contributed by atoms with Gasteiger partial charge in [0.25, 0.3) is 5.69 Å². The Hall–Kier alpha value is -4.63. The number of nitrogens with two attached hydrogens (primary N) is 1. The van der Waals surface area contributed by atoms with E-state index in [2.05, 4.69) is 4.98 Å². The molecule has 0 fully saturated rings. The van der Waals surface area contributed by atoms with Crippen molar-refractivity contribution >= 4 is 11.5 Å².